The van der Waals surface area contributed by atoms with Gasteiger partial charge in [-0.3, -0.25) is 13.8 Å². The highest BCUT2D eigenvalue weighted by atomic mass is 35.5. The van der Waals surface area contributed by atoms with Crippen LogP contribution in [0.1, 0.15) is 27.1 Å². The van der Waals surface area contributed by atoms with Crippen LogP contribution in [0.4, 0.5) is 5.69 Å². The van der Waals surface area contributed by atoms with Crippen molar-refractivity contribution in [2.45, 2.75) is 6.42 Å². The van der Waals surface area contributed by atoms with Crippen LogP contribution in [0.5, 0.6) is 17.2 Å². The van der Waals surface area contributed by atoms with Gasteiger partial charge in [-0.15, -0.1) is 0 Å². The molecule has 0 saturated carbocycles. The van der Waals surface area contributed by atoms with Crippen LogP contribution in [0.3, 0.4) is 0 Å². The third-order valence-corrected chi connectivity index (χ3v) is 5.53. The number of ketones is 2. The molecule has 0 spiro atoms. The number of nitrogens with one attached hydrogen (secondary N) is 1. The minimum Gasteiger partial charge on any atom is -0.755 e. The summed E-state index contributed by atoms with van der Waals surface area (Å²) in [6.45, 7) is 0. The van der Waals surface area contributed by atoms with E-state index in [1.807, 2.05) is 0 Å². The monoisotopic (exact) mass is 488 g/mol. The van der Waals surface area contributed by atoms with Crippen LogP contribution in [0.15, 0.2) is 54.6 Å². The summed E-state index contributed by atoms with van der Waals surface area (Å²) < 4.78 is 34.8. The Bertz CT molecular complexity index is 1250. The summed E-state index contributed by atoms with van der Waals surface area (Å²) >= 11 is 3.51. The van der Waals surface area contributed by atoms with Crippen molar-refractivity contribution in [2.75, 3.05) is 18.9 Å². The molecule has 0 radical (unpaired) electrons. The zero-order valence-electron chi connectivity index (χ0n) is 17.6. The summed E-state index contributed by atoms with van der Waals surface area (Å²) in [7, 11) is 2.68. The average Bonchev–Trinajstić information content (AvgIpc) is 2.78. The Morgan fingerprint density at radius 2 is 1.73 bits per heavy atom. The van der Waals surface area contributed by atoms with E-state index in [1.165, 1.54) is 38.5 Å². The minimum atomic E-state index is -2.55. The van der Waals surface area contributed by atoms with Gasteiger partial charge >= 0.3 is 0 Å². The summed E-state index contributed by atoms with van der Waals surface area (Å²) in [5, 5.41) is 11.3. The van der Waals surface area contributed by atoms with Crippen molar-refractivity contribution in [2.24, 2.45) is 0 Å². The first-order chi connectivity index (χ1) is 15.8. The lowest BCUT2D eigenvalue weighted by Crippen LogP contribution is -2.11. The first-order valence-corrected chi connectivity index (χ1v) is 11.0. The van der Waals surface area contributed by atoms with Gasteiger partial charge in [-0.05, 0) is 29.8 Å². The highest BCUT2D eigenvalue weighted by Crippen LogP contribution is 2.45. The molecule has 10 heteroatoms. The molecule has 2 N–H and O–H groups in total. The standard InChI is InChI=1S/C23H20ClNO7S/c1-31-19-12-20(32-2)22(18(27)11-17(26)15-8-3-4-9-16(15)24)23(28)21(19)13-6-5-7-14(10-13)25-33(29)30/h3-10,12,25,28H,11H2,1-2H3,(H,29,30)/p-1. The zero-order chi connectivity index (χ0) is 24.1. The molecular weight excluding hydrogens is 470 g/mol. The third kappa shape index (κ3) is 5.33. The molecule has 0 aromatic heterocycles. The van der Waals surface area contributed by atoms with Crippen molar-refractivity contribution in [1.82, 2.24) is 0 Å². The number of methoxy groups -OCH3 is 2. The van der Waals surface area contributed by atoms with Gasteiger partial charge in [-0.1, -0.05) is 35.9 Å². The van der Waals surface area contributed by atoms with Crippen LogP contribution >= 0.6 is 11.6 Å². The number of carbonyl (C=O) groups excluding carboxylic acids is 2. The summed E-state index contributed by atoms with van der Waals surface area (Å²) in [5.41, 5.74) is 0.713. The number of phenols is 1. The van der Waals surface area contributed by atoms with Gasteiger partial charge < -0.3 is 23.9 Å². The molecule has 33 heavy (non-hydrogen) atoms. The zero-order valence-corrected chi connectivity index (χ0v) is 19.2. The first kappa shape index (κ1) is 24.2. The number of phenolic OH excluding ortho intramolecular Hbond substituents is 1. The van der Waals surface area contributed by atoms with Crippen LogP contribution < -0.4 is 14.2 Å². The molecule has 3 aromatic rings. The molecule has 0 aliphatic carbocycles. The van der Waals surface area contributed by atoms with E-state index in [9.17, 15) is 23.5 Å². The van der Waals surface area contributed by atoms with E-state index in [-0.39, 0.29) is 38.9 Å². The first-order valence-electron chi connectivity index (χ1n) is 9.52. The molecule has 3 aromatic carbocycles. The lowest BCUT2D eigenvalue weighted by molar-refractivity contribution is 0.0891. The van der Waals surface area contributed by atoms with E-state index in [1.54, 1.807) is 30.3 Å². The molecule has 0 aliphatic heterocycles. The SMILES string of the molecule is COc1cc(OC)c(-c2cccc(NS(=O)[O-])c2)c(O)c1C(=O)CC(=O)c1ccccc1Cl. The fourth-order valence-electron chi connectivity index (χ4n) is 3.34. The highest BCUT2D eigenvalue weighted by molar-refractivity contribution is 7.80. The molecule has 0 aliphatic rings. The number of ether oxygens (including phenoxy) is 2. The Kier molecular flexibility index (Phi) is 7.70. The van der Waals surface area contributed by atoms with Crippen molar-refractivity contribution in [3.05, 3.63) is 70.7 Å². The van der Waals surface area contributed by atoms with E-state index < -0.39 is 35.0 Å². The molecule has 0 saturated heterocycles. The number of Topliss-reactive ketones (excluding diaryl/α,β-unsaturated/α-hetero) is 2. The van der Waals surface area contributed by atoms with Crippen LogP contribution in [0.25, 0.3) is 11.1 Å². The smallest absolute Gasteiger partial charge is 0.178 e. The number of hydrogen-bond acceptors (Lipinski definition) is 7. The summed E-state index contributed by atoms with van der Waals surface area (Å²) in [6.07, 6.45) is -0.559. The van der Waals surface area contributed by atoms with Crippen molar-refractivity contribution >= 4 is 40.1 Å². The van der Waals surface area contributed by atoms with Gasteiger partial charge in [0.05, 0.1) is 31.2 Å². The minimum absolute atomic E-state index is 0.0139. The van der Waals surface area contributed by atoms with Crippen LogP contribution in [0, 0.1) is 0 Å². The van der Waals surface area contributed by atoms with E-state index in [0.29, 0.717) is 5.56 Å². The molecule has 3 rings (SSSR count). The van der Waals surface area contributed by atoms with Crippen molar-refractivity contribution in [3.8, 4) is 28.4 Å². The maximum absolute atomic E-state index is 13.1. The normalized spacial score (nSPS) is 11.5. The molecular formula is C23H19ClNO7S-. The molecule has 0 bridgehead atoms. The van der Waals surface area contributed by atoms with Crippen molar-refractivity contribution in [1.29, 1.82) is 0 Å². The molecule has 0 amide bonds. The van der Waals surface area contributed by atoms with Crippen LogP contribution in [-0.2, 0) is 11.3 Å². The molecule has 8 nitrogen and oxygen atoms in total. The van der Waals surface area contributed by atoms with Crippen LogP contribution in [-0.4, -0.2) is 39.7 Å². The number of anilines is 1. The largest absolute Gasteiger partial charge is 0.755 e. The van der Waals surface area contributed by atoms with E-state index >= 15 is 0 Å². The number of rotatable bonds is 9. The Labute approximate surface area is 197 Å². The number of benzene rings is 3. The van der Waals surface area contributed by atoms with Gasteiger partial charge in [0.25, 0.3) is 0 Å². The third-order valence-electron chi connectivity index (χ3n) is 4.80. The summed E-state index contributed by atoms with van der Waals surface area (Å²) in [4.78, 5) is 25.8. The Hall–Kier alpha value is -3.40. The maximum Gasteiger partial charge on any atom is 0.178 e. The van der Waals surface area contributed by atoms with Crippen molar-refractivity contribution in [3.63, 3.8) is 0 Å². The second kappa shape index (κ2) is 10.5. The van der Waals surface area contributed by atoms with Gasteiger partial charge in [0.15, 0.2) is 11.6 Å². The molecule has 172 valence electrons. The highest BCUT2D eigenvalue weighted by Gasteiger charge is 2.27. The van der Waals surface area contributed by atoms with Crippen LogP contribution in [0.2, 0.25) is 5.02 Å². The molecule has 1 atom stereocenters. The second-order valence-electron chi connectivity index (χ2n) is 6.80. The van der Waals surface area contributed by atoms with Gasteiger partial charge in [0.2, 0.25) is 0 Å². The Balaban J connectivity index is 2.09. The Morgan fingerprint density at radius 1 is 1.03 bits per heavy atom. The second-order valence-corrected chi connectivity index (χ2v) is 7.88. The molecule has 0 heterocycles. The van der Waals surface area contributed by atoms with Gasteiger partial charge in [0.1, 0.15) is 22.8 Å². The van der Waals surface area contributed by atoms with Gasteiger partial charge in [-0.2, -0.15) is 0 Å². The quantitative estimate of drug-likeness (QED) is 0.260. The summed E-state index contributed by atoms with van der Waals surface area (Å²) in [6, 6.07) is 13.9. The van der Waals surface area contributed by atoms with E-state index in [0.717, 1.165) is 0 Å². The number of hydrogen-bond donors (Lipinski definition) is 2. The Morgan fingerprint density at radius 3 is 2.36 bits per heavy atom. The van der Waals surface area contributed by atoms with Crippen molar-refractivity contribution < 1.29 is 32.9 Å². The molecule has 0 fully saturated rings. The number of aromatic hydroxyl groups is 1. The average molecular weight is 489 g/mol. The fourth-order valence-corrected chi connectivity index (χ4v) is 3.90. The van der Waals surface area contributed by atoms with Gasteiger partial charge in [-0.25, -0.2) is 0 Å². The van der Waals surface area contributed by atoms with E-state index in [4.69, 9.17) is 21.1 Å². The predicted molar refractivity (Wildman–Crippen MR) is 124 cm³/mol. The predicted octanol–water partition coefficient (Wildman–Crippen LogP) is 4.39. The maximum atomic E-state index is 13.1. The topological polar surface area (TPSA) is 125 Å². The lowest BCUT2D eigenvalue weighted by Gasteiger charge is -2.18. The lowest BCUT2D eigenvalue weighted by atomic mass is 9.94. The molecule has 1 unspecified atom stereocenters. The fraction of sp³-hybridized carbons (Fsp3) is 0.130. The number of halogens is 1. The van der Waals surface area contributed by atoms with E-state index in [2.05, 4.69) is 4.72 Å². The number of carbonyl (C=O) groups is 2. The van der Waals surface area contributed by atoms with Gasteiger partial charge in [0, 0.05) is 28.6 Å². The summed E-state index contributed by atoms with van der Waals surface area (Å²) in [5.74, 6) is -1.48.